The summed E-state index contributed by atoms with van der Waals surface area (Å²) in [5, 5.41) is 10.6. The van der Waals surface area contributed by atoms with Crippen molar-refractivity contribution in [3.63, 3.8) is 0 Å². The zero-order valence-electron chi connectivity index (χ0n) is 9.55. The largest absolute Gasteiger partial charge is 0.324 e. The summed E-state index contributed by atoms with van der Waals surface area (Å²) < 4.78 is 0. The Kier molecular flexibility index (Phi) is 2.63. The summed E-state index contributed by atoms with van der Waals surface area (Å²) in [7, 11) is 0. The fourth-order valence-electron chi connectivity index (χ4n) is 2.88. The molecule has 2 atom stereocenters. The van der Waals surface area contributed by atoms with Crippen LogP contribution in [0.25, 0.3) is 0 Å². The number of hydrogen-bond donors (Lipinski definition) is 2. The summed E-state index contributed by atoms with van der Waals surface area (Å²) in [5.41, 5.74) is -0.426. The van der Waals surface area contributed by atoms with Crippen molar-refractivity contribution in [3.05, 3.63) is 0 Å². The van der Waals surface area contributed by atoms with Gasteiger partial charge in [-0.1, -0.05) is 19.3 Å². The van der Waals surface area contributed by atoms with E-state index in [1.54, 1.807) is 4.90 Å². The minimum atomic E-state index is -0.426. The lowest BCUT2D eigenvalue weighted by Crippen LogP contribution is -2.47. The molecule has 0 bridgehead atoms. The van der Waals surface area contributed by atoms with Crippen LogP contribution in [0.2, 0.25) is 0 Å². The van der Waals surface area contributed by atoms with Gasteiger partial charge in [-0.3, -0.25) is 10.7 Å². The number of urea groups is 1. The first-order valence-electron chi connectivity index (χ1n) is 5.75. The third-order valence-electron chi connectivity index (χ3n) is 3.88. The molecule has 4 nitrogen and oxygen atoms in total. The number of nitrogens with one attached hydrogen (secondary N) is 2. The second-order valence-electron chi connectivity index (χ2n) is 4.64. The summed E-state index contributed by atoms with van der Waals surface area (Å²) in [6.07, 6.45) is 9.22. The smallest absolute Gasteiger partial charge is 0.300 e. The van der Waals surface area contributed by atoms with E-state index >= 15 is 0 Å². The molecule has 0 aromatic carbocycles. The Morgan fingerprint density at radius 3 is 3.06 bits per heavy atom. The second-order valence-corrected chi connectivity index (χ2v) is 4.64. The Balaban J connectivity index is 2.27. The molecule has 0 aromatic heterocycles. The first-order chi connectivity index (χ1) is 7.64. The molecule has 4 heteroatoms. The van der Waals surface area contributed by atoms with Gasteiger partial charge in [-0.05, 0) is 25.2 Å². The maximum absolute atomic E-state index is 11.7. The van der Waals surface area contributed by atoms with Crippen LogP contribution in [0.15, 0.2) is 0 Å². The van der Waals surface area contributed by atoms with E-state index in [0.29, 0.717) is 18.3 Å². The third kappa shape index (κ3) is 1.39. The van der Waals surface area contributed by atoms with Crippen molar-refractivity contribution in [2.75, 3.05) is 6.54 Å². The fourth-order valence-corrected chi connectivity index (χ4v) is 2.88. The van der Waals surface area contributed by atoms with Gasteiger partial charge in [0.05, 0.1) is 6.54 Å². The molecule has 1 saturated carbocycles. The number of amides is 2. The van der Waals surface area contributed by atoms with Gasteiger partial charge in [0.2, 0.25) is 0 Å². The van der Waals surface area contributed by atoms with E-state index in [1.807, 2.05) is 0 Å². The molecule has 1 aliphatic carbocycles. The van der Waals surface area contributed by atoms with Crippen LogP contribution in [0, 0.1) is 23.7 Å². The van der Waals surface area contributed by atoms with E-state index in [9.17, 15) is 4.79 Å². The van der Waals surface area contributed by atoms with Crippen LogP contribution in [-0.2, 0) is 0 Å². The molecule has 0 radical (unpaired) electrons. The molecule has 0 aromatic rings. The molecule has 2 rings (SSSR count). The normalized spacial score (nSPS) is 33.2. The summed E-state index contributed by atoms with van der Waals surface area (Å²) in [6.45, 7) is 2.45. The summed E-state index contributed by atoms with van der Waals surface area (Å²) >= 11 is 0. The van der Waals surface area contributed by atoms with Crippen LogP contribution >= 0.6 is 0 Å². The van der Waals surface area contributed by atoms with Crippen molar-refractivity contribution in [1.82, 2.24) is 10.2 Å². The summed E-state index contributed by atoms with van der Waals surface area (Å²) in [4.78, 5) is 13.4. The van der Waals surface area contributed by atoms with Crippen LogP contribution in [0.4, 0.5) is 4.79 Å². The average molecular weight is 219 g/mol. The molecule has 2 amide bonds. The zero-order chi connectivity index (χ0) is 11.8. The number of amidine groups is 1. The molecule has 1 spiro atoms. The van der Waals surface area contributed by atoms with Gasteiger partial charge in [-0.2, -0.15) is 0 Å². The SMILES string of the molecule is C#CCN1C(=O)NC(=N)C12CCC(CC)C2. The van der Waals surface area contributed by atoms with Gasteiger partial charge >= 0.3 is 6.03 Å². The van der Waals surface area contributed by atoms with Gasteiger partial charge in [0.25, 0.3) is 0 Å². The molecule has 2 aliphatic rings. The van der Waals surface area contributed by atoms with Crippen molar-refractivity contribution in [2.45, 2.75) is 38.1 Å². The lowest BCUT2D eigenvalue weighted by Gasteiger charge is -2.31. The van der Waals surface area contributed by atoms with E-state index in [4.69, 9.17) is 11.8 Å². The van der Waals surface area contributed by atoms with Crippen molar-refractivity contribution in [3.8, 4) is 12.3 Å². The first kappa shape index (κ1) is 11.0. The number of carbonyl (C=O) groups excluding carboxylic acids is 1. The monoisotopic (exact) mass is 219 g/mol. The highest BCUT2D eigenvalue weighted by Gasteiger charge is 2.53. The molecular formula is C12H17N3O. The van der Waals surface area contributed by atoms with Crippen LogP contribution in [0.5, 0.6) is 0 Å². The lowest BCUT2D eigenvalue weighted by molar-refractivity contribution is 0.183. The maximum Gasteiger partial charge on any atom is 0.324 e. The highest BCUT2D eigenvalue weighted by atomic mass is 16.2. The quantitative estimate of drug-likeness (QED) is 0.680. The van der Waals surface area contributed by atoms with Crippen LogP contribution in [-0.4, -0.2) is 28.9 Å². The minimum absolute atomic E-state index is 0.209. The molecule has 2 unspecified atom stereocenters. The molecule has 2 fully saturated rings. The lowest BCUT2D eigenvalue weighted by atomic mass is 9.93. The third-order valence-corrected chi connectivity index (χ3v) is 3.88. The number of rotatable bonds is 2. The molecular weight excluding hydrogens is 202 g/mol. The molecule has 2 N–H and O–H groups in total. The van der Waals surface area contributed by atoms with E-state index in [2.05, 4.69) is 18.2 Å². The zero-order valence-corrected chi connectivity index (χ0v) is 9.55. The van der Waals surface area contributed by atoms with E-state index < -0.39 is 5.54 Å². The van der Waals surface area contributed by atoms with Crippen LogP contribution < -0.4 is 5.32 Å². The predicted molar refractivity (Wildman–Crippen MR) is 62.2 cm³/mol. The van der Waals surface area contributed by atoms with E-state index in [-0.39, 0.29) is 6.03 Å². The summed E-state index contributed by atoms with van der Waals surface area (Å²) in [5.74, 6) is 3.45. The van der Waals surface area contributed by atoms with E-state index in [1.165, 1.54) is 0 Å². The molecule has 1 heterocycles. The maximum atomic E-state index is 11.7. The number of nitrogens with zero attached hydrogens (tertiary/aromatic N) is 1. The Morgan fingerprint density at radius 1 is 1.75 bits per heavy atom. The molecule has 86 valence electrons. The van der Waals surface area contributed by atoms with Gasteiger partial charge < -0.3 is 4.90 Å². The van der Waals surface area contributed by atoms with Crippen molar-refractivity contribution >= 4 is 11.9 Å². The van der Waals surface area contributed by atoms with Gasteiger partial charge in [0, 0.05) is 0 Å². The predicted octanol–water partition coefficient (Wildman–Crippen LogP) is 1.57. The van der Waals surface area contributed by atoms with Gasteiger partial charge in [0.1, 0.15) is 11.4 Å². The average Bonchev–Trinajstić information content (AvgIpc) is 2.78. The Bertz CT molecular complexity index is 371. The van der Waals surface area contributed by atoms with Crippen LogP contribution in [0.1, 0.15) is 32.6 Å². The minimum Gasteiger partial charge on any atom is -0.300 e. The fraction of sp³-hybridized carbons (Fsp3) is 0.667. The van der Waals surface area contributed by atoms with Crippen LogP contribution in [0.3, 0.4) is 0 Å². The van der Waals surface area contributed by atoms with Crippen molar-refractivity contribution in [2.24, 2.45) is 5.92 Å². The van der Waals surface area contributed by atoms with E-state index in [0.717, 1.165) is 25.7 Å². The standard InChI is InChI=1S/C12H17N3O/c1-3-7-15-11(16)14-10(13)12(15)6-5-9(4-2)8-12/h1,9H,4-8H2,2H3,(H2,13,14,16). The number of hydrogen-bond acceptors (Lipinski definition) is 2. The van der Waals surface area contributed by atoms with Crippen molar-refractivity contribution in [1.29, 1.82) is 5.41 Å². The topological polar surface area (TPSA) is 56.2 Å². The first-order valence-corrected chi connectivity index (χ1v) is 5.75. The number of carbonyl (C=O) groups is 1. The second kappa shape index (κ2) is 3.82. The molecule has 16 heavy (non-hydrogen) atoms. The van der Waals surface area contributed by atoms with Gasteiger partial charge in [0.15, 0.2) is 0 Å². The number of terminal acetylenes is 1. The summed E-state index contributed by atoms with van der Waals surface area (Å²) in [6, 6.07) is -0.209. The Hall–Kier alpha value is -1.50. The highest BCUT2D eigenvalue weighted by Crippen LogP contribution is 2.42. The highest BCUT2D eigenvalue weighted by molar-refractivity contribution is 6.08. The van der Waals surface area contributed by atoms with Crippen molar-refractivity contribution < 1.29 is 4.79 Å². The van der Waals surface area contributed by atoms with Gasteiger partial charge in [-0.15, -0.1) is 6.42 Å². The molecule has 1 saturated heterocycles. The Morgan fingerprint density at radius 2 is 2.50 bits per heavy atom. The molecule has 1 aliphatic heterocycles. The van der Waals surface area contributed by atoms with Gasteiger partial charge in [-0.25, -0.2) is 4.79 Å². The Labute approximate surface area is 95.9 Å².